The predicted molar refractivity (Wildman–Crippen MR) is 98.8 cm³/mol. The summed E-state index contributed by atoms with van der Waals surface area (Å²) in [4.78, 5) is 24.6. The lowest BCUT2D eigenvalue weighted by Gasteiger charge is -2.23. The summed E-state index contributed by atoms with van der Waals surface area (Å²) < 4.78 is 16.3. The Morgan fingerprint density at radius 2 is 1.54 bits per heavy atom. The molecule has 0 atom stereocenters. The molecule has 0 radical (unpaired) electrons. The molecule has 0 fully saturated rings. The molecule has 0 bridgehead atoms. The van der Waals surface area contributed by atoms with Crippen molar-refractivity contribution in [3.63, 3.8) is 0 Å². The van der Waals surface area contributed by atoms with Crippen LogP contribution in [0.25, 0.3) is 0 Å². The summed E-state index contributed by atoms with van der Waals surface area (Å²) in [6.45, 7) is 10.5. The van der Waals surface area contributed by atoms with Gasteiger partial charge in [0.15, 0.2) is 5.75 Å². The largest absolute Gasteiger partial charge is 0.514 e. The zero-order chi connectivity index (χ0) is 18.7. The van der Waals surface area contributed by atoms with E-state index in [0.717, 1.165) is 0 Å². The van der Waals surface area contributed by atoms with Crippen LogP contribution in [0.15, 0.2) is 16.6 Å². The van der Waals surface area contributed by atoms with Gasteiger partial charge in [0.05, 0.1) is 4.47 Å². The van der Waals surface area contributed by atoms with Gasteiger partial charge in [-0.15, -0.1) is 0 Å². The first kappa shape index (κ1) is 21.0. The summed E-state index contributed by atoms with van der Waals surface area (Å²) >= 11 is 6.65. The van der Waals surface area contributed by atoms with Gasteiger partial charge in [0.2, 0.25) is 0 Å². The number of carbonyl (C=O) groups excluding carboxylic acids is 2. The second-order valence-electron chi connectivity index (χ2n) is 7.11. The van der Waals surface area contributed by atoms with E-state index in [-0.39, 0.29) is 11.3 Å². The molecule has 0 aromatic heterocycles. The van der Waals surface area contributed by atoms with Crippen LogP contribution in [0.4, 0.5) is 4.79 Å². The van der Waals surface area contributed by atoms with Crippen molar-refractivity contribution in [3.8, 4) is 5.75 Å². The van der Waals surface area contributed by atoms with Crippen LogP contribution in [0.5, 0.6) is 5.75 Å². The van der Waals surface area contributed by atoms with Crippen molar-refractivity contribution < 1.29 is 23.8 Å². The molecule has 0 aliphatic carbocycles. The zero-order valence-corrected chi connectivity index (χ0v) is 17.8. The van der Waals surface area contributed by atoms with E-state index in [2.05, 4.69) is 31.9 Å². The van der Waals surface area contributed by atoms with Crippen molar-refractivity contribution in [2.45, 2.75) is 58.1 Å². The van der Waals surface area contributed by atoms with Crippen LogP contribution >= 0.6 is 31.9 Å². The Balaban J connectivity index is 3.28. The summed E-state index contributed by atoms with van der Waals surface area (Å²) in [6, 6.07) is 3.45. The molecular formula is C17H22Br2O5. The molecule has 0 unspecified atom stereocenters. The molecule has 0 N–H and O–H groups in total. The molecule has 0 heterocycles. The second kappa shape index (κ2) is 7.87. The molecule has 1 aromatic rings. The van der Waals surface area contributed by atoms with Crippen LogP contribution in [-0.4, -0.2) is 23.3 Å². The molecule has 0 amide bonds. The number of esters is 1. The fraction of sp³-hybridized carbons (Fsp3) is 0.529. The molecule has 134 valence electrons. The highest BCUT2D eigenvalue weighted by atomic mass is 79.9. The van der Waals surface area contributed by atoms with Gasteiger partial charge in [0, 0.05) is 5.33 Å². The molecule has 0 aliphatic rings. The number of ether oxygens (including phenoxy) is 3. The van der Waals surface area contributed by atoms with Crippen LogP contribution in [0.3, 0.4) is 0 Å². The van der Waals surface area contributed by atoms with Gasteiger partial charge in [0.25, 0.3) is 0 Å². The van der Waals surface area contributed by atoms with Crippen LogP contribution < -0.4 is 4.74 Å². The lowest BCUT2D eigenvalue weighted by molar-refractivity contribution is 0.00598. The van der Waals surface area contributed by atoms with E-state index >= 15 is 0 Å². The van der Waals surface area contributed by atoms with Crippen molar-refractivity contribution in [2.24, 2.45) is 0 Å². The van der Waals surface area contributed by atoms with Crippen molar-refractivity contribution in [2.75, 3.05) is 0 Å². The second-order valence-corrected chi connectivity index (χ2v) is 8.53. The van der Waals surface area contributed by atoms with E-state index in [1.165, 1.54) is 0 Å². The van der Waals surface area contributed by atoms with Gasteiger partial charge < -0.3 is 14.2 Å². The minimum absolute atomic E-state index is 0.0791. The first-order valence-electron chi connectivity index (χ1n) is 7.35. The van der Waals surface area contributed by atoms with E-state index in [1.807, 2.05) is 0 Å². The highest BCUT2D eigenvalue weighted by Crippen LogP contribution is 2.35. The Morgan fingerprint density at radius 1 is 1.00 bits per heavy atom. The summed E-state index contributed by atoms with van der Waals surface area (Å²) in [5.41, 5.74) is -0.553. The molecule has 7 heteroatoms. The Hall–Kier alpha value is -1.08. The van der Waals surface area contributed by atoms with Gasteiger partial charge >= 0.3 is 12.1 Å². The zero-order valence-electron chi connectivity index (χ0n) is 14.7. The number of carbonyl (C=O) groups is 2. The maximum atomic E-state index is 12.6. The van der Waals surface area contributed by atoms with Gasteiger partial charge in [0.1, 0.15) is 16.8 Å². The molecule has 24 heavy (non-hydrogen) atoms. The number of alkyl halides is 1. The van der Waals surface area contributed by atoms with Gasteiger partial charge in [-0.2, -0.15) is 0 Å². The van der Waals surface area contributed by atoms with Crippen LogP contribution in [0.2, 0.25) is 0 Å². The van der Waals surface area contributed by atoms with Crippen molar-refractivity contribution >= 4 is 44.0 Å². The number of hydrogen-bond donors (Lipinski definition) is 0. The van der Waals surface area contributed by atoms with E-state index in [1.54, 1.807) is 53.7 Å². The smallest absolute Gasteiger partial charge is 0.456 e. The normalized spacial score (nSPS) is 11.8. The fourth-order valence-corrected chi connectivity index (χ4v) is 2.59. The highest BCUT2D eigenvalue weighted by molar-refractivity contribution is 9.10. The lowest BCUT2D eigenvalue weighted by Crippen LogP contribution is -2.28. The molecule has 0 saturated carbocycles. The maximum absolute atomic E-state index is 12.6. The van der Waals surface area contributed by atoms with E-state index < -0.39 is 23.3 Å². The third-order valence-corrected chi connectivity index (χ3v) is 3.75. The van der Waals surface area contributed by atoms with Crippen molar-refractivity contribution in [1.82, 2.24) is 0 Å². The Morgan fingerprint density at radius 3 is 2.00 bits per heavy atom. The van der Waals surface area contributed by atoms with Gasteiger partial charge in [-0.05, 0) is 69.1 Å². The number of benzene rings is 1. The van der Waals surface area contributed by atoms with Gasteiger partial charge in [-0.25, -0.2) is 9.59 Å². The molecule has 1 aromatic carbocycles. The standard InChI is InChI=1S/C17H22Br2O5/c1-16(2,3)23-14(20)12-10(9-18)7-8-11(19)13(12)22-15(21)24-17(4,5)6/h7-8H,9H2,1-6H3. The molecule has 0 aliphatic heterocycles. The minimum atomic E-state index is -0.889. The Labute approximate surface area is 159 Å². The monoisotopic (exact) mass is 464 g/mol. The number of hydrogen-bond acceptors (Lipinski definition) is 5. The predicted octanol–water partition coefficient (Wildman–Crippen LogP) is 5.61. The van der Waals surface area contributed by atoms with E-state index in [0.29, 0.717) is 15.4 Å². The van der Waals surface area contributed by atoms with Crippen molar-refractivity contribution in [1.29, 1.82) is 0 Å². The van der Waals surface area contributed by atoms with Crippen LogP contribution in [0, 0.1) is 0 Å². The van der Waals surface area contributed by atoms with Crippen LogP contribution in [0.1, 0.15) is 57.5 Å². The maximum Gasteiger partial charge on any atom is 0.514 e. The molecule has 0 saturated heterocycles. The molecule has 5 nitrogen and oxygen atoms in total. The first-order valence-corrected chi connectivity index (χ1v) is 9.27. The summed E-state index contributed by atoms with van der Waals surface area (Å²) in [7, 11) is 0. The average molecular weight is 466 g/mol. The van der Waals surface area contributed by atoms with Gasteiger partial charge in [-0.3, -0.25) is 0 Å². The van der Waals surface area contributed by atoms with E-state index in [4.69, 9.17) is 14.2 Å². The molecule has 0 spiro atoms. The number of halogens is 2. The molecular weight excluding hydrogens is 444 g/mol. The first-order chi connectivity index (χ1) is 10.8. The molecule has 1 rings (SSSR count). The Bertz CT molecular complexity index is 627. The summed E-state index contributed by atoms with van der Waals surface area (Å²) in [6.07, 6.45) is -0.889. The highest BCUT2D eigenvalue weighted by Gasteiger charge is 2.28. The van der Waals surface area contributed by atoms with Gasteiger partial charge in [-0.1, -0.05) is 22.0 Å². The minimum Gasteiger partial charge on any atom is -0.456 e. The third kappa shape index (κ3) is 6.43. The Kier molecular flexibility index (Phi) is 6.87. The quantitative estimate of drug-likeness (QED) is 0.329. The average Bonchev–Trinajstić information content (AvgIpc) is 2.36. The van der Waals surface area contributed by atoms with E-state index in [9.17, 15) is 9.59 Å². The lowest BCUT2D eigenvalue weighted by atomic mass is 10.1. The fourth-order valence-electron chi connectivity index (χ4n) is 1.72. The topological polar surface area (TPSA) is 61.8 Å². The SMILES string of the molecule is CC(C)(C)OC(=O)Oc1c(Br)ccc(CBr)c1C(=O)OC(C)(C)C. The van der Waals surface area contributed by atoms with Crippen LogP contribution in [-0.2, 0) is 14.8 Å². The van der Waals surface area contributed by atoms with Crippen molar-refractivity contribution in [3.05, 3.63) is 27.7 Å². The summed E-state index contributed by atoms with van der Waals surface area (Å²) in [5.74, 6) is -0.493. The third-order valence-electron chi connectivity index (χ3n) is 2.52. The summed E-state index contributed by atoms with van der Waals surface area (Å²) in [5, 5.41) is 0.402. The number of rotatable bonds is 3.